The summed E-state index contributed by atoms with van der Waals surface area (Å²) in [6.45, 7) is 1.98. The van der Waals surface area contributed by atoms with Gasteiger partial charge in [-0.1, -0.05) is 13.3 Å². The van der Waals surface area contributed by atoms with E-state index in [9.17, 15) is 4.79 Å². The molecule has 0 aliphatic rings. The Morgan fingerprint density at radius 1 is 1.69 bits per heavy atom. The molecule has 0 spiro atoms. The van der Waals surface area contributed by atoms with E-state index in [1.807, 2.05) is 6.92 Å². The Balaban J connectivity index is 2.68. The molecular formula is C10H10Br2N2OS. The smallest absolute Gasteiger partial charge is 0.262 e. The van der Waals surface area contributed by atoms with Crippen LogP contribution >= 0.6 is 43.2 Å². The zero-order chi connectivity index (χ0) is 12.1. The highest BCUT2D eigenvalue weighted by molar-refractivity contribution is 9.13. The molecule has 0 aliphatic carbocycles. The molecule has 0 saturated heterocycles. The summed E-state index contributed by atoms with van der Waals surface area (Å²) in [4.78, 5) is 12.4. The highest BCUT2D eigenvalue weighted by atomic mass is 79.9. The number of hydrogen-bond acceptors (Lipinski definition) is 3. The van der Waals surface area contributed by atoms with E-state index in [1.165, 1.54) is 11.3 Å². The van der Waals surface area contributed by atoms with Crippen LogP contribution in [0.5, 0.6) is 0 Å². The quantitative estimate of drug-likeness (QED) is 0.884. The fourth-order valence-corrected chi connectivity index (χ4v) is 3.08. The number of nitrogens with one attached hydrogen (secondary N) is 1. The van der Waals surface area contributed by atoms with Crippen molar-refractivity contribution < 1.29 is 4.79 Å². The molecule has 6 heteroatoms. The van der Waals surface area contributed by atoms with Crippen molar-refractivity contribution in [2.24, 2.45) is 0 Å². The van der Waals surface area contributed by atoms with Crippen molar-refractivity contribution in [3.05, 3.63) is 19.2 Å². The number of thiophene rings is 1. The van der Waals surface area contributed by atoms with Gasteiger partial charge in [0, 0.05) is 4.47 Å². The number of halogens is 2. The number of rotatable bonds is 4. The van der Waals surface area contributed by atoms with Gasteiger partial charge in [0.1, 0.15) is 6.04 Å². The highest BCUT2D eigenvalue weighted by Crippen LogP contribution is 2.32. The minimum atomic E-state index is -0.405. The minimum Gasteiger partial charge on any atom is -0.336 e. The van der Waals surface area contributed by atoms with Crippen molar-refractivity contribution in [3.8, 4) is 6.07 Å². The van der Waals surface area contributed by atoms with E-state index in [0.717, 1.165) is 14.7 Å². The van der Waals surface area contributed by atoms with Gasteiger partial charge in [-0.05, 0) is 44.3 Å². The molecule has 16 heavy (non-hydrogen) atoms. The van der Waals surface area contributed by atoms with Gasteiger partial charge in [-0.15, -0.1) is 11.3 Å². The second-order valence-corrected chi connectivity index (χ2v) is 6.40. The Labute approximate surface area is 115 Å². The summed E-state index contributed by atoms with van der Waals surface area (Å²) in [5.74, 6) is -0.198. The lowest BCUT2D eigenvalue weighted by Gasteiger charge is -2.08. The average Bonchev–Trinajstić information content (AvgIpc) is 2.58. The summed E-state index contributed by atoms with van der Waals surface area (Å²) in [5, 5.41) is 11.5. The number of carbonyl (C=O) groups excluding carboxylic acids is 1. The predicted molar refractivity (Wildman–Crippen MR) is 71.5 cm³/mol. The Hall–Kier alpha value is -0.380. The molecular weight excluding hydrogens is 356 g/mol. The van der Waals surface area contributed by atoms with Crippen molar-refractivity contribution in [2.45, 2.75) is 25.8 Å². The maximum atomic E-state index is 11.8. The summed E-state index contributed by atoms with van der Waals surface area (Å²) < 4.78 is 1.73. The number of amides is 1. The third-order valence-corrected chi connectivity index (χ3v) is 5.16. The molecule has 1 aromatic rings. The summed E-state index contributed by atoms with van der Waals surface area (Å²) >= 11 is 7.98. The monoisotopic (exact) mass is 364 g/mol. The minimum absolute atomic E-state index is 0.198. The molecule has 1 amide bonds. The first kappa shape index (κ1) is 13.7. The molecule has 1 aromatic heterocycles. The lowest BCUT2D eigenvalue weighted by atomic mass is 10.2. The number of nitrogens with zero attached hydrogens (tertiary/aromatic N) is 1. The van der Waals surface area contributed by atoms with Crippen LogP contribution in [0.25, 0.3) is 0 Å². The van der Waals surface area contributed by atoms with Crippen molar-refractivity contribution in [3.63, 3.8) is 0 Å². The van der Waals surface area contributed by atoms with Gasteiger partial charge in [-0.2, -0.15) is 5.26 Å². The van der Waals surface area contributed by atoms with E-state index in [0.29, 0.717) is 11.3 Å². The summed E-state index contributed by atoms with van der Waals surface area (Å²) in [6.07, 6.45) is 1.55. The first-order valence-electron chi connectivity index (χ1n) is 4.73. The van der Waals surface area contributed by atoms with Crippen LogP contribution < -0.4 is 5.32 Å². The standard InChI is InChI=1S/C10H10Br2N2OS/c1-2-3-6(5-13)14-10(15)8-4-7(11)9(12)16-8/h4,6H,2-3H2,1H3,(H,14,15). The van der Waals surface area contributed by atoms with E-state index >= 15 is 0 Å². The molecule has 86 valence electrons. The van der Waals surface area contributed by atoms with Gasteiger partial charge < -0.3 is 5.32 Å². The van der Waals surface area contributed by atoms with Gasteiger partial charge in [-0.3, -0.25) is 4.79 Å². The SMILES string of the molecule is CCCC(C#N)NC(=O)c1cc(Br)c(Br)s1. The van der Waals surface area contributed by atoms with Gasteiger partial charge >= 0.3 is 0 Å². The number of nitriles is 1. The second kappa shape index (κ2) is 6.38. The van der Waals surface area contributed by atoms with E-state index in [-0.39, 0.29) is 5.91 Å². The molecule has 0 aliphatic heterocycles. The van der Waals surface area contributed by atoms with Crippen LogP contribution in [-0.2, 0) is 0 Å². The van der Waals surface area contributed by atoms with Crippen LogP contribution in [0.2, 0.25) is 0 Å². The largest absolute Gasteiger partial charge is 0.336 e. The molecule has 3 nitrogen and oxygen atoms in total. The normalized spacial score (nSPS) is 11.9. The molecule has 0 bridgehead atoms. The molecule has 1 heterocycles. The van der Waals surface area contributed by atoms with Crippen molar-refractivity contribution in [1.29, 1.82) is 5.26 Å². The lowest BCUT2D eigenvalue weighted by Crippen LogP contribution is -2.33. The second-order valence-electron chi connectivity index (χ2n) is 3.18. The molecule has 1 rings (SSSR count). The molecule has 1 N–H and O–H groups in total. The Bertz CT molecular complexity index is 405. The third kappa shape index (κ3) is 3.58. The maximum absolute atomic E-state index is 11.8. The highest BCUT2D eigenvalue weighted by Gasteiger charge is 2.15. The molecule has 1 atom stereocenters. The first-order valence-corrected chi connectivity index (χ1v) is 7.14. The molecule has 0 radical (unpaired) electrons. The van der Waals surface area contributed by atoms with Crippen LogP contribution in [0.4, 0.5) is 0 Å². The van der Waals surface area contributed by atoms with Crippen molar-refractivity contribution >= 4 is 49.1 Å². The zero-order valence-corrected chi connectivity index (χ0v) is 12.6. The summed E-state index contributed by atoms with van der Waals surface area (Å²) in [6, 6.07) is 3.41. The Kier molecular flexibility index (Phi) is 5.46. The molecule has 0 fully saturated rings. The van der Waals surface area contributed by atoms with Crippen LogP contribution in [0.3, 0.4) is 0 Å². The van der Waals surface area contributed by atoms with Crippen LogP contribution in [-0.4, -0.2) is 11.9 Å². The van der Waals surface area contributed by atoms with Gasteiger partial charge in [0.2, 0.25) is 0 Å². The van der Waals surface area contributed by atoms with E-state index in [4.69, 9.17) is 5.26 Å². The molecule has 1 unspecified atom stereocenters. The number of hydrogen-bond donors (Lipinski definition) is 1. The summed E-state index contributed by atoms with van der Waals surface area (Å²) in [7, 11) is 0. The van der Waals surface area contributed by atoms with E-state index in [2.05, 4.69) is 43.2 Å². The zero-order valence-electron chi connectivity index (χ0n) is 8.59. The topological polar surface area (TPSA) is 52.9 Å². The van der Waals surface area contributed by atoms with Crippen molar-refractivity contribution in [1.82, 2.24) is 5.32 Å². The third-order valence-electron chi connectivity index (χ3n) is 1.91. The molecule has 0 aromatic carbocycles. The maximum Gasteiger partial charge on any atom is 0.262 e. The Morgan fingerprint density at radius 3 is 2.81 bits per heavy atom. The molecule has 0 saturated carbocycles. The lowest BCUT2D eigenvalue weighted by molar-refractivity contribution is 0.0948. The van der Waals surface area contributed by atoms with Gasteiger partial charge in [0.05, 0.1) is 14.7 Å². The average molecular weight is 366 g/mol. The fourth-order valence-electron chi connectivity index (χ4n) is 1.15. The summed E-state index contributed by atoms with van der Waals surface area (Å²) in [5.41, 5.74) is 0. The predicted octanol–water partition coefficient (Wildman–Crippen LogP) is 3.70. The van der Waals surface area contributed by atoms with E-state index < -0.39 is 6.04 Å². The van der Waals surface area contributed by atoms with Crippen molar-refractivity contribution in [2.75, 3.05) is 0 Å². The fraction of sp³-hybridized carbons (Fsp3) is 0.400. The number of carbonyl (C=O) groups is 1. The van der Waals surface area contributed by atoms with Gasteiger partial charge in [0.25, 0.3) is 5.91 Å². The van der Waals surface area contributed by atoms with Gasteiger partial charge in [0.15, 0.2) is 0 Å². The van der Waals surface area contributed by atoms with Crippen LogP contribution in [0, 0.1) is 11.3 Å². The van der Waals surface area contributed by atoms with Crippen LogP contribution in [0.15, 0.2) is 14.3 Å². The van der Waals surface area contributed by atoms with Gasteiger partial charge in [-0.25, -0.2) is 0 Å². The van der Waals surface area contributed by atoms with E-state index in [1.54, 1.807) is 6.07 Å². The first-order chi connectivity index (χ1) is 7.58. The van der Waals surface area contributed by atoms with Crippen LogP contribution in [0.1, 0.15) is 29.4 Å². The Morgan fingerprint density at radius 2 is 2.38 bits per heavy atom.